The van der Waals surface area contributed by atoms with Crippen molar-refractivity contribution in [2.75, 3.05) is 27.2 Å². The molecule has 1 aliphatic rings. The lowest BCUT2D eigenvalue weighted by Gasteiger charge is -2.25. The second-order valence-electron chi connectivity index (χ2n) is 6.73. The number of rotatable bonds is 7. The van der Waals surface area contributed by atoms with Crippen LogP contribution in [0.2, 0.25) is 0 Å². The summed E-state index contributed by atoms with van der Waals surface area (Å²) < 4.78 is 5.58. The molecule has 132 valence electrons. The van der Waals surface area contributed by atoms with Gasteiger partial charge < -0.3 is 15.0 Å². The van der Waals surface area contributed by atoms with Crippen molar-refractivity contribution in [1.82, 2.24) is 10.2 Å². The van der Waals surface area contributed by atoms with Crippen LogP contribution in [-0.2, 0) is 17.6 Å². The van der Waals surface area contributed by atoms with E-state index in [-0.39, 0.29) is 11.9 Å². The fourth-order valence-electron chi connectivity index (χ4n) is 3.21. The van der Waals surface area contributed by atoms with E-state index in [0.29, 0.717) is 13.0 Å². The van der Waals surface area contributed by atoms with Crippen molar-refractivity contribution in [3.05, 3.63) is 65.2 Å². The molecule has 1 N–H and O–H groups in total. The first-order chi connectivity index (χ1) is 12.1. The van der Waals surface area contributed by atoms with Crippen LogP contribution < -0.4 is 10.1 Å². The topological polar surface area (TPSA) is 41.6 Å². The van der Waals surface area contributed by atoms with Crippen molar-refractivity contribution in [1.29, 1.82) is 0 Å². The van der Waals surface area contributed by atoms with Crippen LogP contribution in [0.15, 0.2) is 48.5 Å². The molecule has 1 atom stereocenters. The summed E-state index contributed by atoms with van der Waals surface area (Å²) in [7, 11) is 4.09. The van der Waals surface area contributed by atoms with Gasteiger partial charge in [0.05, 0.1) is 12.6 Å². The van der Waals surface area contributed by atoms with Gasteiger partial charge in [-0.1, -0.05) is 42.5 Å². The molecule has 0 bridgehead atoms. The zero-order chi connectivity index (χ0) is 17.6. The molecule has 25 heavy (non-hydrogen) atoms. The molecule has 3 rings (SSSR count). The van der Waals surface area contributed by atoms with Crippen molar-refractivity contribution in [3.8, 4) is 5.75 Å². The third-order valence-corrected chi connectivity index (χ3v) is 4.70. The lowest BCUT2D eigenvalue weighted by molar-refractivity contribution is -0.121. The van der Waals surface area contributed by atoms with Crippen LogP contribution in [0.25, 0.3) is 0 Å². The van der Waals surface area contributed by atoms with Crippen LogP contribution >= 0.6 is 0 Å². The molecule has 0 saturated carbocycles. The Morgan fingerprint density at radius 3 is 2.76 bits per heavy atom. The predicted molar refractivity (Wildman–Crippen MR) is 99.8 cm³/mol. The first-order valence-electron chi connectivity index (χ1n) is 8.86. The molecule has 0 aliphatic carbocycles. The maximum absolute atomic E-state index is 12.2. The average Bonchev–Trinajstić information content (AvgIpc) is 3.08. The number of nitrogens with zero attached hydrogens (tertiary/aromatic N) is 1. The first kappa shape index (κ1) is 17.5. The molecule has 0 aromatic heterocycles. The minimum atomic E-state index is 0.0974. The van der Waals surface area contributed by atoms with Gasteiger partial charge in [-0.25, -0.2) is 0 Å². The molecule has 4 nitrogen and oxygen atoms in total. The monoisotopic (exact) mass is 338 g/mol. The summed E-state index contributed by atoms with van der Waals surface area (Å²) in [6, 6.07) is 16.6. The van der Waals surface area contributed by atoms with E-state index in [2.05, 4.69) is 34.5 Å². The molecule has 1 aliphatic heterocycles. The molecule has 0 saturated heterocycles. The number of likely N-dealkylation sites (N-methyl/N-ethyl adjacent to an activating group) is 1. The normalized spacial score (nSPS) is 14.0. The zero-order valence-corrected chi connectivity index (χ0v) is 15.0. The first-order valence-corrected chi connectivity index (χ1v) is 8.86. The fraction of sp³-hybridized carbons (Fsp3) is 0.381. The number of ether oxygens (including phenoxy) is 1. The Kier molecular flexibility index (Phi) is 5.71. The van der Waals surface area contributed by atoms with Crippen LogP contribution in [-0.4, -0.2) is 38.1 Å². The standard InChI is InChI=1S/C21H26N2O2/c1-23(2)19(17-9-10-20-18(14-17)12-13-25-20)15-22-21(24)11-8-16-6-4-3-5-7-16/h3-7,9-10,14,19H,8,11-13,15H2,1-2H3,(H,22,24). The lowest BCUT2D eigenvalue weighted by Crippen LogP contribution is -2.34. The quantitative estimate of drug-likeness (QED) is 0.844. The van der Waals surface area contributed by atoms with Crippen LogP contribution in [0.1, 0.15) is 29.2 Å². The Morgan fingerprint density at radius 2 is 2.00 bits per heavy atom. The van der Waals surface area contributed by atoms with Gasteiger partial charge in [0.1, 0.15) is 5.75 Å². The summed E-state index contributed by atoms with van der Waals surface area (Å²) in [4.78, 5) is 14.4. The van der Waals surface area contributed by atoms with Crippen LogP contribution in [0, 0.1) is 0 Å². The van der Waals surface area contributed by atoms with Gasteiger partial charge in [0.25, 0.3) is 0 Å². The maximum atomic E-state index is 12.2. The zero-order valence-electron chi connectivity index (χ0n) is 15.0. The SMILES string of the molecule is CN(C)C(CNC(=O)CCc1ccccc1)c1ccc2c(c1)CCO2. The largest absolute Gasteiger partial charge is 0.493 e. The smallest absolute Gasteiger partial charge is 0.220 e. The number of carbonyl (C=O) groups is 1. The second-order valence-corrected chi connectivity index (χ2v) is 6.73. The highest BCUT2D eigenvalue weighted by Gasteiger charge is 2.19. The number of hydrogen-bond donors (Lipinski definition) is 1. The molecule has 0 radical (unpaired) electrons. The average molecular weight is 338 g/mol. The highest BCUT2D eigenvalue weighted by Crippen LogP contribution is 2.29. The minimum absolute atomic E-state index is 0.0974. The summed E-state index contributed by atoms with van der Waals surface area (Å²) in [6.45, 7) is 1.38. The van der Waals surface area contributed by atoms with E-state index in [1.54, 1.807) is 0 Å². The number of carbonyl (C=O) groups excluding carboxylic acids is 1. The van der Waals surface area contributed by atoms with Gasteiger partial charge in [-0.3, -0.25) is 4.79 Å². The van der Waals surface area contributed by atoms with Gasteiger partial charge >= 0.3 is 0 Å². The predicted octanol–water partition coefficient (Wildman–Crippen LogP) is 2.97. The number of benzene rings is 2. The van der Waals surface area contributed by atoms with E-state index in [4.69, 9.17) is 4.74 Å². The van der Waals surface area contributed by atoms with Gasteiger partial charge in [0.15, 0.2) is 0 Å². The van der Waals surface area contributed by atoms with E-state index in [9.17, 15) is 4.79 Å². The second kappa shape index (κ2) is 8.17. The number of amides is 1. The van der Waals surface area contributed by atoms with Crippen LogP contribution in [0.3, 0.4) is 0 Å². The van der Waals surface area contributed by atoms with Gasteiger partial charge in [-0.15, -0.1) is 0 Å². The highest BCUT2D eigenvalue weighted by atomic mass is 16.5. The molecule has 2 aromatic rings. The molecule has 1 heterocycles. The highest BCUT2D eigenvalue weighted by molar-refractivity contribution is 5.76. The van der Waals surface area contributed by atoms with Crippen molar-refractivity contribution in [3.63, 3.8) is 0 Å². The minimum Gasteiger partial charge on any atom is -0.493 e. The van der Waals surface area contributed by atoms with Crippen molar-refractivity contribution >= 4 is 5.91 Å². The summed E-state index contributed by atoms with van der Waals surface area (Å²) in [5.41, 5.74) is 3.68. The molecule has 0 spiro atoms. The van der Waals surface area contributed by atoms with E-state index in [1.165, 1.54) is 16.7 Å². The molecule has 4 heteroatoms. The van der Waals surface area contributed by atoms with Gasteiger partial charge in [-0.05, 0) is 43.3 Å². The van der Waals surface area contributed by atoms with Crippen LogP contribution in [0.4, 0.5) is 0 Å². The fourth-order valence-corrected chi connectivity index (χ4v) is 3.21. The summed E-state index contributed by atoms with van der Waals surface area (Å²) >= 11 is 0. The van der Waals surface area contributed by atoms with Gasteiger partial charge in [-0.2, -0.15) is 0 Å². The molecule has 1 amide bonds. The van der Waals surface area contributed by atoms with Gasteiger partial charge in [0.2, 0.25) is 5.91 Å². The summed E-state index contributed by atoms with van der Waals surface area (Å²) in [6.07, 6.45) is 2.25. The Hall–Kier alpha value is -2.33. The Morgan fingerprint density at radius 1 is 1.20 bits per heavy atom. The Bertz CT molecular complexity index is 713. The summed E-state index contributed by atoms with van der Waals surface area (Å²) in [5.74, 6) is 1.09. The van der Waals surface area contributed by atoms with E-state index in [0.717, 1.165) is 25.2 Å². The molecule has 0 fully saturated rings. The molecular formula is C21H26N2O2. The number of fused-ring (bicyclic) bond motifs is 1. The van der Waals surface area contributed by atoms with Crippen molar-refractivity contribution < 1.29 is 9.53 Å². The molecular weight excluding hydrogens is 312 g/mol. The molecule has 1 unspecified atom stereocenters. The van der Waals surface area contributed by atoms with E-state index in [1.807, 2.05) is 38.4 Å². The van der Waals surface area contributed by atoms with Gasteiger partial charge in [0, 0.05) is 19.4 Å². The Labute approximate surface area is 149 Å². The maximum Gasteiger partial charge on any atom is 0.220 e. The number of nitrogens with one attached hydrogen (secondary N) is 1. The molecule has 2 aromatic carbocycles. The van der Waals surface area contributed by atoms with E-state index < -0.39 is 0 Å². The van der Waals surface area contributed by atoms with E-state index >= 15 is 0 Å². The summed E-state index contributed by atoms with van der Waals surface area (Å²) in [5, 5.41) is 3.09. The number of aryl methyl sites for hydroxylation is 1. The van der Waals surface area contributed by atoms with Crippen molar-refractivity contribution in [2.45, 2.75) is 25.3 Å². The lowest BCUT2D eigenvalue weighted by atomic mass is 10.0. The van der Waals surface area contributed by atoms with Crippen LogP contribution in [0.5, 0.6) is 5.75 Å². The number of hydrogen-bond acceptors (Lipinski definition) is 3. The van der Waals surface area contributed by atoms with Crippen molar-refractivity contribution in [2.24, 2.45) is 0 Å². The Balaban J connectivity index is 1.56. The third-order valence-electron chi connectivity index (χ3n) is 4.70. The third kappa shape index (κ3) is 4.60.